The van der Waals surface area contributed by atoms with Crippen LogP contribution in [0.5, 0.6) is 0 Å². The number of hydrogen-bond donors (Lipinski definition) is 1. The number of benzene rings is 2. The zero-order valence-electron chi connectivity index (χ0n) is 17.8. The van der Waals surface area contributed by atoms with Crippen LogP contribution in [0.1, 0.15) is 23.3 Å². The average molecular weight is 455 g/mol. The molecule has 0 saturated heterocycles. The van der Waals surface area contributed by atoms with E-state index in [9.17, 15) is 5.11 Å². The Hall–Kier alpha value is -2.64. The minimum Gasteiger partial charge on any atom is -0.467 e. The smallest absolute Gasteiger partial charge is 0.145 e. The number of furan rings is 1. The number of rotatable bonds is 11. The maximum Gasteiger partial charge on any atom is 0.145 e. The van der Waals surface area contributed by atoms with Crippen LogP contribution in [0.25, 0.3) is 0 Å². The maximum atomic E-state index is 10.6. The van der Waals surface area contributed by atoms with Gasteiger partial charge in [0.25, 0.3) is 0 Å². The zero-order valence-corrected chi connectivity index (χ0v) is 18.5. The Balaban J connectivity index is 1.34. The lowest BCUT2D eigenvalue weighted by molar-refractivity contribution is -0.00955. The Labute approximate surface area is 193 Å². The van der Waals surface area contributed by atoms with E-state index >= 15 is 0 Å². The first-order valence-electron chi connectivity index (χ1n) is 10.7. The van der Waals surface area contributed by atoms with E-state index < -0.39 is 6.10 Å². The molecule has 1 aromatic heterocycles. The first kappa shape index (κ1) is 22.6. The first-order valence-corrected chi connectivity index (χ1v) is 11.1. The van der Waals surface area contributed by atoms with Crippen LogP contribution in [0.15, 0.2) is 82.6 Å². The van der Waals surface area contributed by atoms with Gasteiger partial charge in [-0.05, 0) is 35.4 Å². The second-order valence-electron chi connectivity index (χ2n) is 7.91. The molecule has 0 bridgehead atoms. The number of ether oxygens (including phenoxy) is 1. The van der Waals surface area contributed by atoms with E-state index in [2.05, 4.69) is 10.1 Å². The third-order valence-corrected chi connectivity index (χ3v) is 5.44. The third kappa shape index (κ3) is 6.68. The molecule has 2 aromatic carbocycles. The van der Waals surface area contributed by atoms with Crippen LogP contribution in [0, 0.1) is 0 Å². The summed E-state index contributed by atoms with van der Waals surface area (Å²) in [6, 6.07) is 21.5. The highest BCUT2D eigenvalue weighted by Gasteiger charge is 2.25. The fourth-order valence-electron chi connectivity index (χ4n) is 3.75. The van der Waals surface area contributed by atoms with Crippen molar-refractivity contribution in [2.24, 2.45) is 5.16 Å². The highest BCUT2D eigenvalue weighted by atomic mass is 35.5. The van der Waals surface area contributed by atoms with Crippen molar-refractivity contribution in [2.45, 2.75) is 31.8 Å². The first-order chi connectivity index (χ1) is 15.7. The zero-order chi connectivity index (χ0) is 22.2. The Morgan fingerprint density at radius 3 is 2.78 bits per heavy atom. The molecule has 0 fully saturated rings. The Morgan fingerprint density at radius 2 is 2.00 bits per heavy atom. The normalized spacial score (nSPS) is 16.7. The van der Waals surface area contributed by atoms with Crippen LogP contribution in [-0.2, 0) is 22.7 Å². The lowest BCUT2D eigenvalue weighted by Gasteiger charge is -2.27. The number of aliphatic hydroxyl groups is 1. The van der Waals surface area contributed by atoms with Crippen molar-refractivity contribution >= 4 is 17.3 Å². The van der Waals surface area contributed by atoms with E-state index in [0.29, 0.717) is 31.3 Å². The number of halogens is 1. The van der Waals surface area contributed by atoms with Crippen molar-refractivity contribution in [3.63, 3.8) is 0 Å². The lowest BCUT2D eigenvalue weighted by Crippen LogP contribution is -2.39. The standard InChI is InChI=1S/C25H27ClN2O4/c26-21-9-4-6-19(12-21)14-28(15-22(29)17-30-18-23-10-5-11-31-23)16-24-13-25(27-32-24)20-7-2-1-3-8-20/h1-12,22,24,29H,13-18H2/t22-,24-/m1/s1. The van der Waals surface area contributed by atoms with Crippen molar-refractivity contribution in [3.8, 4) is 0 Å². The Kier molecular flexibility index (Phi) is 7.96. The molecule has 32 heavy (non-hydrogen) atoms. The molecule has 3 aromatic rings. The van der Waals surface area contributed by atoms with Gasteiger partial charge in [-0.25, -0.2) is 0 Å². The van der Waals surface area contributed by atoms with Crippen LogP contribution >= 0.6 is 11.6 Å². The summed E-state index contributed by atoms with van der Waals surface area (Å²) in [7, 11) is 0. The molecule has 2 heterocycles. The van der Waals surface area contributed by atoms with Gasteiger partial charge in [0, 0.05) is 31.1 Å². The van der Waals surface area contributed by atoms with Gasteiger partial charge in [-0.1, -0.05) is 59.2 Å². The highest BCUT2D eigenvalue weighted by molar-refractivity contribution is 6.30. The molecule has 4 rings (SSSR count). The van der Waals surface area contributed by atoms with E-state index in [-0.39, 0.29) is 12.7 Å². The van der Waals surface area contributed by atoms with E-state index in [4.69, 9.17) is 25.6 Å². The minimum atomic E-state index is -0.653. The van der Waals surface area contributed by atoms with Crippen LogP contribution in [-0.4, -0.2) is 47.6 Å². The molecule has 0 saturated carbocycles. The number of nitrogens with zero attached hydrogens (tertiary/aromatic N) is 2. The van der Waals surface area contributed by atoms with E-state index in [1.807, 2.05) is 66.7 Å². The number of oxime groups is 1. The monoisotopic (exact) mass is 454 g/mol. The van der Waals surface area contributed by atoms with Crippen molar-refractivity contribution in [3.05, 3.63) is 94.9 Å². The average Bonchev–Trinajstić information content (AvgIpc) is 3.47. The van der Waals surface area contributed by atoms with E-state index in [1.54, 1.807) is 6.26 Å². The molecule has 1 aliphatic heterocycles. The molecule has 1 aliphatic rings. The second-order valence-corrected chi connectivity index (χ2v) is 8.34. The molecule has 0 unspecified atom stereocenters. The molecular formula is C25H27ClN2O4. The number of aliphatic hydroxyl groups excluding tert-OH is 1. The van der Waals surface area contributed by atoms with Gasteiger partial charge in [0.05, 0.1) is 24.7 Å². The van der Waals surface area contributed by atoms with Gasteiger partial charge >= 0.3 is 0 Å². The van der Waals surface area contributed by atoms with Crippen molar-refractivity contribution in [2.75, 3.05) is 19.7 Å². The van der Waals surface area contributed by atoms with Crippen LogP contribution in [0.4, 0.5) is 0 Å². The third-order valence-electron chi connectivity index (χ3n) is 5.20. The summed E-state index contributed by atoms with van der Waals surface area (Å²) in [5.41, 5.74) is 3.09. The Bertz CT molecular complexity index is 994. The second kappa shape index (κ2) is 11.3. The van der Waals surface area contributed by atoms with Crippen LogP contribution in [0.2, 0.25) is 5.02 Å². The lowest BCUT2D eigenvalue weighted by atomic mass is 10.0. The minimum absolute atomic E-state index is 0.0828. The molecule has 0 aliphatic carbocycles. The van der Waals surface area contributed by atoms with Gasteiger partial charge in [-0.15, -0.1) is 0 Å². The predicted molar refractivity (Wildman–Crippen MR) is 124 cm³/mol. The summed E-state index contributed by atoms with van der Waals surface area (Å²) in [5.74, 6) is 0.734. The molecule has 7 heteroatoms. The highest BCUT2D eigenvalue weighted by Crippen LogP contribution is 2.19. The van der Waals surface area contributed by atoms with Crippen molar-refractivity contribution in [1.82, 2.24) is 4.90 Å². The molecule has 0 spiro atoms. The fourth-order valence-corrected chi connectivity index (χ4v) is 3.97. The SMILES string of the molecule is O[C@@H](COCc1ccco1)CN(Cc1cccc(Cl)c1)C[C@H]1CC(c2ccccc2)=NO1. The maximum absolute atomic E-state index is 10.6. The molecule has 0 amide bonds. The van der Waals surface area contributed by atoms with Crippen LogP contribution < -0.4 is 0 Å². The summed E-state index contributed by atoms with van der Waals surface area (Å²) < 4.78 is 10.9. The molecule has 6 nitrogen and oxygen atoms in total. The molecular weight excluding hydrogens is 428 g/mol. The number of hydrogen-bond acceptors (Lipinski definition) is 6. The fraction of sp³-hybridized carbons (Fsp3) is 0.320. The molecule has 168 valence electrons. The summed E-state index contributed by atoms with van der Waals surface area (Å²) in [6.07, 6.45) is 1.59. The van der Waals surface area contributed by atoms with Crippen molar-refractivity contribution in [1.29, 1.82) is 0 Å². The molecule has 0 radical (unpaired) electrons. The quantitative estimate of drug-likeness (QED) is 0.462. The van der Waals surface area contributed by atoms with E-state index in [1.165, 1.54) is 0 Å². The topological polar surface area (TPSA) is 67.4 Å². The molecule has 1 N–H and O–H groups in total. The van der Waals surface area contributed by atoms with Gasteiger partial charge in [-0.2, -0.15) is 0 Å². The summed E-state index contributed by atoms with van der Waals surface area (Å²) in [5, 5.41) is 15.6. The van der Waals surface area contributed by atoms with Gasteiger partial charge in [0.15, 0.2) is 0 Å². The van der Waals surface area contributed by atoms with Gasteiger partial charge in [0.2, 0.25) is 0 Å². The predicted octanol–water partition coefficient (Wildman–Crippen LogP) is 4.51. The summed E-state index contributed by atoms with van der Waals surface area (Å²) in [6.45, 7) is 2.24. The Morgan fingerprint density at radius 1 is 1.12 bits per heavy atom. The van der Waals surface area contributed by atoms with Gasteiger partial charge < -0.3 is 19.1 Å². The van der Waals surface area contributed by atoms with Crippen LogP contribution in [0.3, 0.4) is 0 Å². The summed E-state index contributed by atoms with van der Waals surface area (Å²) in [4.78, 5) is 7.87. The van der Waals surface area contributed by atoms with Crippen molar-refractivity contribution < 1.29 is 19.1 Å². The molecule has 2 atom stereocenters. The van der Waals surface area contributed by atoms with E-state index in [0.717, 1.165) is 29.0 Å². The summed E-state index contributed by atoms with van der Waals surface area (Å²) >= 11 is 6.17. The largest absolute Gasteiger partial charge is 0.467 e. The van der Waals surface area contributed by atoms with Gasteiger partial charge in [-0.3, -0.25) is 4.90 Å². The van der Waals surface area contributed by atoms with Gasteiger partial charge in [0.1, 0.15) is 18.5 Å².